The molecular formula is C9H17N. The van der Waals surface area contributed by atoms with E-state index in [1.54, 1.807) is 0 Å². The molecule has 1 aliphatic carbocycles. The summed E-state index contributed by atoms with van der Waals surface area (Å²) in [5.74, 6) is 0.790. The van der Waals surface area contributed by atoms with Crippen molar-refractivity contribution >= 4 is 0 Å². The molecule has 0 unspecified atom stereocenters. The fraction of sp³-hybridized carbons (Fsp3) is 0.778. The molecule has 1 rings (SSSR count). The van der Waals surface area contributed by atoms with Crippen molar-refractivity contribution in [3.8, 4) is 0 Å². The Kier molecular flexibility index (Phi) is 2.94. The van der Waals surface area contributed by atoms with Gasteiger partial charge < -0.3 is 5.73 Å². The normalized spacial score (nSPS) is 22.9. The highest BCUT2D eigenvalue weighted by atomic mass is 14.6. The van der Waals surface area contributed by atoms with Crippen molar-refractivity contribution in [2.24, 2.45) is 11.7 Å². The topological polar surface area (TPSA) is 26.0 Å². The van der Waals surface area contributed by atoms with E-state index in [9.17, 15) is 0 Å². The molecule has 0 spiro atoms. The molecule has 0 aromatic heterocycles. The van der Waals surface area contributed by atoms with Crippen molar-refractivity contribution in [3.05, 3.63) is 12.7 Å². The number of nitrogens with two attached hydrogens (primary N) is 1. The predicted octanol–water partition coefficient (Wildman–Crippen LogP) is 2.08. The summed E-state index contributed by atoms with van der Waals surface area (Å²) in [6, 6.07) is 0.389. The monoisotopic (exact) mass is 139 g/mol. The zero-order chi connectivity index (χ0) is 7.40. The molecule has 0 radical (unpaired) electrons. The van der Waals surface area contributed by atoms with Gasteiger partial charge in [0.05, 0.1) is 0 Å². The first-order valence-electron chi connectivity index (χ1n) is 4.21. The fourth-order valence-electron chi connectivity index (χ4n) is 1.77. The predicted molar refractivity (Wildman–Crippen MR) is 44.7 cm³/mol. The van der Waals surface area contributed by atoms with Crippen LogP contribution in [0.15, 0.2) is 12.7 Å². The molecule has 0 heterocycles. The first-order chi connectivity index (χ1) is 4.84. The molecule has 0 saturated heterocycles. The van der Waals surface area contributed by atoms with Gasteiger partial charge in [0.15, 0.2) is 0 Å². The maximum Gasteiger partial charge on any atom is 0.0102 e. The van der Waals surface area contributed by atoms with Gasteiger partial charge in [-0.2, -0.15) is 0 Å². The summed E-state index contributed by atoms with van der Waals surface area (Å²) in [4.78, 5) is 0. The Morgan fingerprint density at radius 1 is 1.50 bits per heavy atom. The molecule has 0 amide bonds. The summed E-state index contributed by atoms with van der Waals surface area (Å²) >= 11 is 0. The SMILES string of the molecule is C=CC[C@H](N)C1CCCC1. The van der Waals surface area contributed by atoms with Crippen LogP contribution < -0.4 is 5.73 Å². The molecule has 0 aromatic rings. The summed E-state index contributed by atoms with van der Waals surface area (Å²) in [5, 5.41) is 0. The van der Waals surface area contributed by atoms with Crippen molar-refractivity contribution in [1.82, 2.24) is 0 Å². The highest BCUT2D eigenvalue weighted by Gasteiger charge is 2.20. The van der Waals surface area contributed by atoms with Crippen molar-refractivity contribution in [2.45, 2.75) is 38.1 Å². The van der Waals surface area contributed by atoms with E-state index in [0.29, 0.717) is 6.04 Å². The molecule has 1 saturated carbocycles. The zero-order valence-corrected chi connectivity index (χ0v) is 6.55. The first kappa shape index (κ1) is 7.80. The quantitative estimate of drug-likeness (QED) is 0.595. The number of hydrogen-bond acceptors (Lipinski definition) is 1. The molecule has 58 valence electrons. The largest absolute Gasteiger partial charge is 0.327 e. The summed E-state index contributed by atoms with van der Waals surface area (Å²) in [6.45, 7) is 3.69. The first-order valence-corrected chi connectivity index (χ1v) is 4.21. The van der Waals surface area contributed by atoms with Crippen LogP contribution in [0.4, 0.5) is 0 Å². The van der Waals surface area contributed by atoms with Crippen LogP contribution in [0.5, 0.6) is 0 Å². The molecule has 0 bridgehead atoms. The minimum absolute atomic E-state index is 0.389. The van der Waals surface area contributed by atoms with Crippen LogP contribution in [0, 0.1) is 5.92 Å². The molecule has 1 aliphatic rings. The maximum atomic E-state index is 5.92. The van der Waals surface area contributed by atoms with E-state index in [2.05, 4.69) is 6.58 Å². The third-order valence-corrected chi connectivity index (χ3v) is 2.44. The van der Waals surface area contributed by atoms with E-state index in [1.165, 1.54) is 25.7 Å². The Morgan fingerprint density at radius 2 is 2.10 bits per heavy atom. The molecule has 1 fully saturated rings. The van der Waals surface area contributed by atoms with Crippen LogP contribution in [0.3, 0.4) is 0 Å². The molecule has 1 nitrogen and oxygen atoms in total. The van der Waals surface area contributed by atoms with Gasteiger partial charge in [0, 0.05) is 6.04 Å². The Balaban J connectivity index is 2.24. The van der Waals surface area contributed by atoms with Gasteiger partial charge in [-0.3, -0.25) is 0 Å². The maximum absolute atomic E-state index is 5.92. The smallest absolute Gasteiger partial charge is 0.0102 e. The van der Waals surface area contributed by atoms with Gasteiger partial charge in [-0.15, -0.1) is 6.58 Å². The minimum Gasteiger partial charge on any atom is -0.327 e. The highest BCUT2D eigenvalue weighted by Crippen LogP contribution is 2.27. The van der Waals surface area contributed by atoms with E-state index in [1.807, 2.05) is 6.08 Å². The Labute approximate surface area is 63.3 Å². The zero-order valence-electron chi connectivity index (χ0n) is 6.55. The standard InChI is InChI=1S/C9H17N/c1-2-5-9(10)8-6-3-4-7-8/h2,8-9H,1,3-7,10H2/t9-/m0/s1. The average molecular weight is 139 g/mol. The second-order valence-electron chi connectivity index (χ2n) is 3.23. The van der Waals surface area contributed by atoms with Crippen LogP contribution in [-0.4, -0.2) is 6.04 Å². The van der Waals surface area contributed by atoms with E-state index in [0.717, 1.165) is 12.3 Å². The van der Waals surface area contributed by atoms with Crippen molar-refractivity contribution < 1.29 is 0 Å². The number of hydrogen-bond donors (Lipinski definition) is 1. The molecule has 2 N–H and O–H groups in total. The van der Waals surface area contributed by atoms with E-state index >= 15 is 0 Å². The fourth-order valence-corrected chi connectivity index (χ4v) is 1.77. The second kappa shape index (κ2) is 3.77. The van der Waals surface area contributed by atoms with Crippen LogP contribution in [0.2, 0.25) is 0 Å². The molecule has 0 aromatic carbocycles. The lowest BCUT2D eigenvalue weighted by atomic mass is 9.96. The third kappa shape index (κ3) is 1.84. The van der Waals surface area contributed by atoms with Crippen molar-refractivity contribution in [1.29, 1.82) is 0 Å². The van der Waals surface area contributed by atoms with Gasteiger partial charge in [0.1, 0.15) is 0 Å². The van der Waals surface area contributed by atoms with Gasteiger partial charge in [-0.05, 0) is 25.2 Å². The van der Waals surface area contributed by atoms with Gasteiger partial charge in [-0.25, -0.2) is 0 Å². The van der Waals surface area contributed by atoms with Crippen LogP contribution >= 0.6 is 0 Å². The van der Waals surface area contributed by atoms with Crippen molar-refractivity contribution in [3.63, 3.8) is 0 Å². The lowest BCUT2D eigenvalue weighted by molar-refractivity contribution is 0.434. The Morgan fingerprint density at radius 3 is 2.60 bits per heavy atom. The Bertz CT molecular complexity index is 103. The van der Waals surface area contributed by atoms with Crippen LogP contribution in [-0.2, 0) is 0 Å². The molecule has 10 heavy (non-hydrogen) atoms. The van der Waals surface area contributed by atoms with Gasteiger partial charge in [0.2, 0.25) is 0 Å². The Hall–Kier alpha value is -0.300. The van der Waals surface area contributed by atoms with Crippen LogP contribution in [0.1, 0.15) is 32.1 Å². The van der Waals surface area contributed by atoms with E-state index in [4.69, 9.17) is 5.73 Å². The van der Waals surface area contributed by atoms with Gasteiger partial charge in [0.25, 0.3) is 0 Å². The lowest BCUT2D eigenvalue weighted by Crippen LogP contribution is -2.27. The van der Waals surface area contributed by atoms with Gasteiger partial charge >= 0.3 is 0 Å². The van der Waals surface area contributed by atoms with Crippen molar-refractivity contribution in [2.75, 3.05) is 0 Å². The van der Waals surface area contributed by atoms with Crippen LogP contribution in [0.25, 0.3) is 0 Å². The average Bonchev–Trinajstić information content (AvgIpc) is 2.38. The molecule has 0 aliphatic heterocycles. The lowest BCUT2D eigenvalue weighted by Gasteiger charge is -2.16. The third-order valence-electron chi connectivity index (χ3n) is 2.44. The van der Waals surface area contributed by atoms with Gasteiger partial charge in [-0.1, -0.05) is 18.9 Å². The number of rotatable bonds is 3. The molecule has 1 heteroatoms. The minimum atomic E-state index is 0.389. The summed E-state index contributed by atoms with van der Waals surface area (Å²) in [6.07, 6.45) is 8.38. The molecular weight excluding hydrogens is 122 g/mol. The second-order valence-corrected chi connectivity index (χ2v) is 3.23. The summed E-state index contributed by atoms with van der Waals surface area (Å²) < 4.78 is 0. The summed E-state index contributed by atoms with van der Waals surface area (Å²) in [5.41, 5.74) is 5.92. The van der Waals surface area contributed by atoms with E-state index in [-0.39, 0.29) is 0 Å². The highest BCUT2D eigenvalue weighted by molar-refractivity contribution is 4.83. The van der Waals surface area contributed by atoms with E-state index < -0.39 is 0 Å². The summed E-state index contributed by atoms with van der Waals surface area (Å²) in [7, 11) is 0. The molecule has 1 atom stereocenters.